The number of carboxylic acid groups (broad SMARTS) is 1. The zero-order valence-corrected chi connectivity index (χ0v) is 12.6. The monoisotopic (exact) mass is 330 g/mol. The first-order chi connectivity index (χ1) is 8.50. The van der Waals surface area contributed by atoms with Crippen molar-refractivity contribution in [3.8, 4) is 0 Å². The van der Waals surface area contributed by atoms with E-state index in [9.17, 15) is 9.90 Å². The average Bonchev–Trinajstić information content (AvgIpc) is 2.79. The minimum Gasteiger partial charge on any atom is -0.481 e. The molecule has 0 heterocycles. The highest BCUT2D eigenvalue weighted by atomic mass is 79.9. The first-order valence-corrected chi connectivity index (χ1v) is 7.36. The maximum Gasteiger partial charge on any atom is 0.311 e. The molecule has 0 saturated heterocycles. The highest BCUT2D eigenvalue weighted by Crippen LogP contribution is 2.41. The number of halogens is 2. The van der Waals surface area contributed by atoms with Crippen molar-refractivity contribution < 1.29 is 9.90 Å². The van der Waals surface area contributed by atoms with Crippen LogP contribution < -0.4 is 0 Å². The van der Waals surface area contributed by atoms with Crippen molar-refractivity contribution >= 4 is 33.5 Å². The standard InChI is InChI=1S/C14H16BrClO2/c1-8-6-10(12(16)7-11(8)15)13(14(17)18)9-4-2-3-5-9/h6-7,9,13H,2-5H2,1H3,(H,17,18). The Hall–Kier alpha value is -0.540. The van der Waals surface area contributed by atoms with Crippen LogP contribution in [-0.4, -0.2) is 11.1 Å². The Morgan fingerprint density at radius 3 is 2.61 bits per heavy atom. The molecule has 18 heavy (non-hydrogen) atoms. The number of rotatable bonds is 3. The molecule has 1 aromatic rings. The molecule has 1 atom stereocenters. The maximum absolute atomic E-state index is 11.6. The molecule has 4 heteroatoms. The van der Waals surface area contributed by atoms with Gasteiger partial charge in [-0.1, -0.05) is 46.4 Å². The van der Waals surface area contributed by atoms with Crippen molar-refractivity contribution in [3.05, 3.63) is 32.8 Å². The molecule has 0 radical (unpaired) electrons. The number of aliphatic carboxylic acids is 1. The third-order valence-electron chi connectivity index (χ3n) is 3.75. The molecule has 1 fully saturated rings. The van der Waals surface area contributed by atoms with Gasteiger partial charge in [-0.2, -0.15) is 0 Å². The predicted octanol–water partition coefficient (Wildman–Crippen LogP) is 4.77. The second kappa shape index (κ2) is 5.62. The maximum atomic E-state index is 11.6. The van der Waals surface area contributed by atoms with E-state index in [0.29, 0.717) is 5.02 Å². The van der Waals surface area contributed by atoms with E-state index in [4.69, 9.17) is 11.6 Å². The number of carbonyl (C=O) groups is 1. The third-order valence-corrected chi connectivity index (χ3v) is 4.93. The zero-order valence-electron chi connectivity index (χ0n) is 10.2. The molecule has 0 aromatic heterocycles. The lowest BCUT2D eigenvalue weighted by atomic mass is 9.84. The summed E-state index contributed by atoms with van der Waals surface area (Å²) in [5, 5.41) is 10.0. The first-order valence-electron chi connectivity index (χ1n) is 6.19. The third kappa shape index (κ3) is 2.72. The van der Waals surface area contributed by atoms with Gasteiger partial charge in [-0.25, -0.2) is 0 Å². The van der Waals surface area contributed by atoms with Gasteiger partial charge in [-0.15, -0.1) is 0 Å². The SMILES string of the molecule is Cc1cc(C(C(=O)O)C2CCCC2)c(Cl)cc1Br. The van der Waals surface area contributed by atoms with Gasteiger partial charge in [0.2, 0.25) is 0 Å². The minimum absolute atomic E-state index is 0.223. The molecule has 1 aromatic carbocycles. The Morgan fingerprint density at radius 2 is 2.06 bits per heavy atom. The van der Waals surface area contributed by atoms with E-state index >= 15 is 0 Å². The molecule has 2 rings (SSSR count). The topological polar surface area (TPSA) is 37.3 Å². The molecule has 0 spiro atoms. The highest BCUT2D eigenvalue weighted by Gasteiger charge is 2.33. The van der Waals surface area contributed by atoms with Crippen LogP contribution in [0.4, 0.5) is 0 Å². The van der Waals surface area contributed by atoms with Crippen LogP contribution in [-0.2, 0) is 4.79 Å². The normalized spacial score (nSPS) is 17.9. The Balaban J connectivity index is 2.42. The van der Waals surface area contributed by atoms with E-state index in [1.54, 1.807) is 6.07 Å². The van der Waals surface area contributed by atoms with Crippen molar-refractivity contribution in [3.63, 3.8) is 0 Å². The summed E-state index contributed by atoms with van der Waals surface area (Å²) in [6.45, 7) is 1.96. The van der Waals surface area contributed by atoms with Gasteiger partial charge in [0.15, 0.2) is 0 Å². The summed E-state index contributed by atoms with van der Waals surface area (Å²) >= 11 is 9.64. The first kappa shape index (κ1) is 13.9. The number of carboxylic acids is 1. The van der Waals surface area contributed by atoms with Crippen LogP contribution in [0.3, 0.4) is 0 Å². The van der Waals surface area contributed by atoms with Gasteiger partial charge in [0.25, 0.3) is 0 Å². The Bertz CT molecular complexity index is 467. The summed E-state index contributed by atoms with van der Waals surface area (Å²) in [4.78, 5) is 11.6. The molecule has 0 amide bonds. The fourth-order valence-corrected chi connectivity index (χ4v) is 3.55. The lowest BCUT2D eigenvalue weighted by molar-refractivity contribution is -0.140. The summed E-state index contributed by atoms with van der Waals surface area (Å²) in [6, 6.07) is 3.71. The van der Waals surface area contributed by atoms with Gasteiger partial charge in [-0.3, -0.25) is 4.79 Å². The van der Waals surface area contributed by atoms with E-state index in [1.807, 2.05) is 13.0 Å². The number of aryl methyl sites for hydroxylation is 1. The van der Waals surface area contributed by atoms with Crippen LogP contribution >= 0.6 is 27.5 Å². The molecule has 0 bridgehead atoms. The summed E-state index contributed by atoms with van der Waals surface area (Å²) in [7, 11) is 0. The summed E-state index contributed by atoms with van der Waals surface area (Å²) in [6.07, 6.45) is 4.23. The highest BCUT2D eigenvalue weighted by molar-refractivity contribution is 9.10. The molecule has 0 aliphatic heterocycles. The predicted molar refractivity (Wildman–Crippen MR) is 76.2 cm³/mol. The van der Waals surface area contributed by atoms with Crippen LogP contribution in [0.1, 0.15) is 42.7 Å². The Morgan fingerprint density at radius 1 is 1.44 bits per heavy atom. The van der Waals surface area contributed by atoms with Crippen LogP contribution in [0.15, 0.2) is 16.6 Å². The molecule has 2 nitrogen and oxygen atoms in total. The van der Waals surface area contributed by atoms with Crippen LogP contribution in [0.5, 0.6) is 0 Å². The minimum atomic E-state index is -0.759. The van der Waals surface area contributed by atoms with Gasteiger partial charge in [0.1, 0.15) is 0 Å². The second-order valence-corrected chi connectivity index (χ2v) is 6.24. The fraction of sp³-hybridized carbons (Fsp3) is 0.500. The van der Waals surface area contributed by atoms with Crippen molar-refractivity contribution in [2.45, 2.75) is 38.5 Å². The van der Waals surface area contributed by atoms with Crippen molar-refractivity contribution in [1.82, 2.24) is 0 Å². The number of hydrogen-bond acceptors (Lipinski definition) is 1. The van der Waals surface area contributed by atoms with E-state index in [0.717, 1.165) is 41.3 Å². The number of benzene rings is 1. The smallest absolute Gasteiger partial charge is 0.311 e. The fourth-order valence-electron chi connectivity index (χ4n) is 2.80. The van der Waals surface area contributed by atoms with Gasteiger partial charge in [0, 0.05) is 9.50 Å². The largest absolute Gasteiger partial charge is 0.481 e. The quantitative estimate of drug-likeness (QED) is 0.866. The van der Waals surface area contributed by atoms with E-state index in [2.05, 4.69) is 15.9 Å². The van der Waals surface area contributed by atoms with Gasteiger partial charge in [0.05, 0.1) is 5.92 Å². The van der Waals surface area contributed by atoms with Crippen molar-refractivity contribution in [2.24, 2.45) is 5.92 Å². The van der Waals surface area contributed by atoms with Crippen LogP contribution in [0, 0.1) is 12.8 Å². The van der Waals surface area contributed by atoms with Gasteiger partial charge in [-0.05, 0) is 42.9 Å². The van der Waals surface area contributed by atoms with E-state index in [-0.39, 0.29) is 5.92 Å². The Kier molecular flexibility index (Phi) is 4.33. The molecule has 1 aliphatic carbocycles. The summed E-state index contributed by atoms with van der Waals surface area (Å²) in [5.41, 5.74) is 1.79. The molecule has 98 valence electrons. The molecule has 1 saturated carbocycles. The molecule has 1 unspecified atom stereocenters. The lowest BCUT2D eigenvalue weighted by Crippen LogP contribution is -2.20. The van der Waals surface area contributed by atoms with E-state index in [1.165, 1.54) is 0 Å². The van der Waals surface area contributed by atoms with Crippen molar-refractivity contribution in [1.29, 1.82) is 0 Å². The van der Waals surface area contributed by atoms with Crippen LogP contribution in [0.2, 0.25) is 5.02 Å². The number of hydrogen-bond donors (Lipinski definition) is 1. The summed E-state index contributed by atoms with van der Waals surface area (Å²) in [5.74, 6) is -1.00. The molecular weight excluding hydrogens is 316 g/mol. The zero-order chi connectivity index (χ0) is 13.3. The van der Waals surface area contributed by atoms with Gasteiger partial charge >= 0.3 is 5.97 Å². The summed E-state index contributed by atoms with van der Waals surface area (Å²) < 4.78 is 0.923. The Labute approximate surface area is 120 Å². The molecule has 1 aliphatic rings. The molecule has 1 N–H and O–H groups in total. The van der Waals surface area contributed by atoms with E-state index < -0.39 is 11.9 Å². The second-order valence-electron chi connectivity index (χ2n) is 4.98. The molecular formula is C14H16BrClO2. The van der Waals surface area contributed by atoms with Crippen LogP contribution in [0.25, 0.3) is 0 Å². The average molecular weight is 332 g/mol. The van der Waals surface area contributed by atoms with Gasteiger partial charge < -0.3 is 5.11 Å². The van der Waals surface area contributed by atoms with Crippen molar-refractivity contribution in [2.75, 3.05) is 0 Å². The lowest BCUT2D eigenvalue weighted by Gasteiger charge is -2.21.